The first-order chi connectivity index (χ1) is 12.2. The molecule has 0 spiro atoms. The molecule has 142 valence electrons. The number of methoxy groups -OCH3 is 2. The third-order valence-corrected chi connectivity index (χ3v) is 4.36. The Morgan fingerprint density at radius 1 is 1.20 bits per heavy atom. The Hall–Kier alpha value is -1.34. The van der Waals surface area contributed by atoms with Gasteiger partial charge in [0, 0.05) is 26.8 Å². The Balaban J connectivity index is 1.77. The van der Waals surface area contributed by atoms with Crippen molar-refractivity contribution >= 4 is 0 Å². The highest BCUT2D eigenvalue weighted by atomic mass is 16.5. The second-order valence-electron chi connectivity index (χ2n) is 6.48. The quantitative estimate of drug-likeness (QED) is 0.558. The minimum Gasteiger partial charge on any atom is -0.493 e. The van der Waals surface area contributed by atoms with E-state index in [0.29, 0.717) is 18.0 Å². The highest BCUT2D eigenvalue weighted by Crippen LogP contribution is 2.28. The molecule has 0 aliphatic carbocycles. The summed E-state index contributed by atoms with van der Waals surface area (Å²) < 4.78 is 16.2. The van der Waals surface area contributed by atoms with E-state index >= 15 is 0 Å². The Morgan fingerprint density at radius 2 is 2.00 bits per heavy atom. The molecule has 0 aromatic heterocycles. The number of hydrogen-bond acceptors (Lipinski definition) is 6. The van der Waals surface area contributed by atoms with Gasteiger partial charge >= 0.3 is 0 Å². The lowest BCUT2D eigenvalue weighted by Gasteiger charge is -2.20. The predicted octanol–water partition coefficient (Wildman–Crippen LogP) is 1.66. The van der Waals surface area contributed by atoms with Crippen molar-refractivity contribution in [3.8, 4) is 11.5 Å². The molecule has 6 heteroatoms. The zero-order chi connectivity index (χ0) is 17.9. The van der Waals surface area contributed by atoms with Gasteiger partial charge in [-0.2, -0.15) is 0 Å². The molecular formula is C19H32N2O4. The Morgan fingerprint density at radius 3 is 2.72 bits per heavy atom. The van der Waals surface area contributed by atoms with Crippen molar-refractivity contribution in [2.24, 2.45) is 0 Å². The molecule has 2 N–H and O–H groups in total. The fourth-order valence-electron chi connectivity index (χ4n) is 3.02. The van der Waals surface area contributed by atoms with Crippen molar-refractivity contribution in [3.63, 3.8) is 0 Å². The van der Waals surface area contributed by atoms with Crippen LogP contribution in [0.4, 0.5) is 0 Å². The van der Waals surface area contributed by atoms with Gasteiger partial charge in [-0.1, -0.05) is 6.07 Å². The number of aliphatic hydroxyl groups excluding tert-OH is 1. The van der Waals surface area contributed by atoms with Crippen molar-refractivity contribution in [2.45, 2.75) is 31.9 Å². The molecule has 1 aromatic carbocycles. The molecule has 2 rings (SSSR count). The lowest BCUT2D eigenvalue weighted by atomic mass is 10.2. The van der Waals surface area contributed by atoms with Crippen molar-refractivity contribution in [3.05, 3.63) is 23.8 Å². The summed E-state index contributed by atoms with van der Waals surface area (Å²) in [5.41, 5.74) is 1.14. The van der Waals surface area contributed by atoms with Crippen LogP contribution in [0.2, 0.25) is 0 Å². The highest BCUT2D eigenvalue weighted by Gasteiger charge is 2.16. The molecule has 0 bridgehead atoms. The second kappa shape index (κ2) is 11.3. The van der Waals surface area contributed by atoms with Crippen LogP contribution in [0, 0.1) is 0 Å². The van der Waals surface area contributed by atoms with Gasteiger partial charge < -0.3 is 29.5 Å². The van der Waals surface area contributed by atoms with Gasteiger partial charge in [-0.15, -0.1) is 0 Å². The van der Waals surface area contributed by atoms with E-state index in [9.17, 15) is 5.11 Å². The second-order valence-corrected chi connectivity index (χ2v) is 6.48. The maximum Gasteiger partial charge on any atom is 0.161 e. The van der Waals surface area contributed by atoms with Crippen LogP contribution in [0.3, 0.4) is 0 Å². The fourth-order valence-corrected chi connectivity index (χ4v) is 3.02. The van der Waals surface area contributed by atoms with Gasteiger partial charge in [-0.05, 0) is 56.6 Å². The number of likely N-dealkylation sites (tertiary alicyclic amines) is 1. The summed E-state index contributed by atoms with van der Waals surface area (Å²) in [5.74, 6) is 1.37. The average Bonchev–Trinajstić information content (AvgIpc) is 3.13. The van der Waals surface area contributed by atoms with E-state index in [1.54, 1.807) is 14.2 Å². The summed E-state index contributed by atoms with van der Waals surface area (Å²) in [7, 11) is 3.35. The first kappa shape index (κ1) is 20.0. The van der Waals surface area contributed by atoms with E-state index in [4.69, 9.17) is 14.2 Å². The van der Waals surface area contributed by atoms with E-state index in [0.717, 1.165) is 44.8 Å². The summed E-state index contributed by atoms with van der Waals surface area (Å²) >= 11 is 0. The molecule has 1 heterocycles. The molecule has 0 amide bonds. The van der Waals surface area contributed by atoms with E-state index in [2.05, 4.69) is 10.2 Å². The standard InChI is InChI=1S/C19H32N2O4/c1-23-11-5-8-20-13-16-6-7-18(19(12-16)24-2)25-15-17(22)14-21-9-3-4-10-21/h6-7,12,17,20,22H,3-5,8-11,13-15H2,1-2H3. The van der Waals surface area contributed by atoms with Crippen molar-refractivity contribution < 1.29 is 19.3 Å². The summed E-state index contributed by atoms with van der Waals surface area (Å²) in [6.45, 7) is 5.56. The van der Waals surface area contributed by atoms with Gasteiger partial charge in [0.15, 0.2) is 11.5 Å². The molecule has 1 unspecified atom stereocenters. The molecule has 1 aromatic rings. The first-order valence-electron chi connectivity index (χ1n) is 9.12. The van der Waals surface area contributed by atoms with E-state index in [-0.39, 0.29) is 6.61 Å². The van der Waals surface area contributed by atoms with Gasteiger partial charge in [0.05, 0.1) is 7.11 Å². The molecule has 6 nitrogen and oxygen atoms in total. The van der Waals surface area contributed by atoms with Gasteiger partial charge in [0.2, 0.25) is 0 Å². The summed E-state index contributed by atoms with van der Waals surface area (Å²) in [4.78, 5) is 2.28. The van der Waals surface area contributed by atoms with E-state index in [1.807, 2.05) is 18.2 Å². The molecule has 1 fully saturated rings. The van der Waals surface area contributed by atoms with Crippen LogP contribution in [0.5, 0.6) is 11.5 Å². The normalized spacial score (nSPS) is 16.1. The van der Waals surface area contributed by atoms with Crippen LogP contribution >= 0.6 is 0 Å². The van der Waals surface area contributed by atoms with Crippen LogP contribution in [-0.4, -0.2) is 69.7 Å². The zero-order valence-electron chi connectivity index (χ0n) is 15.5. The predicted molar refractivity (Wildman–Crippen MR) is 98.4 cm³/mol. The molecule has 1 aliphatic heterocycles. The number of benzene rings is 1. The summed E-state index contributed by atoms with van der Waals surface area (Å²) in [6, 6.07) is 5.91. The van der Waals surface area contributed by atoms with E-state index in [1.165, 1.54) is 12.8 Å². The van der Waals surface area contributed by atoms with Gasteiger partial charge in [-0.25, -0.2) is 0 Å². The maximum atomic E-state index is 10.1. The SMILES string of the molecule is COCCCNCc1ccc(OCC(O)CN2CCCC2)c(OC)c1. The zero-order valence-corrected chi connectivity index (χ0v) is 15.5. The lowest BCUT2D eigenvalue weighted by Crippen LogP contribution is -2.33. The maximum absolute atomic E-state index is 10.1. The number of ether oxygens (including phenoxy) is 3. The number of aliphatic hydroxyl groups is 1. The van der Waals surface area contributed by atoms with Crippen molar-refractivity contribution in [1.29, 1.82) is 0 Å². The lowest BCUT2D eigenvalue weighted by molar-refractivity contribution is 0.0747. The number of rotatable bonds is 12. The van der Waals surface area contributed by atoms with Crippen LogP contribution in [0.1, 0.15) is 24.8 Å². The molecule has 0 saturated carbocycles. The van der Waals surface area contributed by atoms with Crippen LogP contribution < -0.4 is 14.8 Å². The molecular weight excluding hydrogens is 320 g/mol. The van der Waals surface area contributed by atoms with Crippen LogP contribution in [0.15, 0.2) is 18.2 Å². The topological polar surface area (TPSA) is 63.2 Å². The fraction of sp³-hybridized carbons (Fsp3) is 0.684. The third kappa shape index (κ3) is 7.20. The van der Waals surface area contributed by atoms with Crippen molar-refractivity contribution in [1.82, 2.24) is 10.2 Å². The molecule has 1 atom stereocenters. The minimum atomic E-state index is -0.482. The monoisotopic (exact) mass is 352 g/mol. The first-order valence-corrected chi connectivity index (χ1v) is 9.12. The molecule has 0 radical (unpaired) electrons. The van der Waals surface area contributed by atoms with Gasteiger partial charge in [-0.3, -0.25) is 0 Å². The summed E-state index contributed by atoms with van der Waals surface area (Å²) in [6.07, 6.45) is 2.96. The molecule has 1 saturated heterocycles. The van der Waals surface area contributed by atoms with E-state index < -0.39 is 6.10 Å². The summed E-state index contributed by atoms with van der Waals surface area (Å²) in [5, 5.41) is 13.5. The minimum absolute atomic E-state index is 0.279. The Bertz CT molecular complexity index is 492. The molecule has 1 aliphatic rings. The number of nitrogens with zero attached hydrogens (tertiary/aromatic N) is 1. The number of β-amino-alcohol motifs (C(OH)–C–C–N with tert-alkyl or cyclic N) is 1. The largest absolute Gasteiger partial charge is 0.493 e. The smallest absolute Gasteiger partial charge is 0.161 e. The highest BCUT2D eigenvalue weighted by molar-refractivity contribution is 5.43. The average molecular weight is 352 g/mol. The number of nitrogens with one attached hydrogen (secondary N) is 1. The third-order valence-electron chi connectivity index (χ3n) is 4.36. The van der Waals surface area contributed by atoms with Gasteiger partial charge in [0.25, 0.3) is 0 Å². The number of hydrogen-bond donors (Lipinski definition) is 2. The van der Waals surface area contributed by atoms with Gasteiger partial charge in [0.1, 0.15) is 12.7 Å². The van der Waals surface area contributed by atoms with Crippen LogP contribution in [0.25, 0.3) is 0 Å². The molecule has 25 heavy (non-hydrogen) atoms. The Labute approximate surface area is 151 Å². The Kier molecular flexibility index (Phi) is 9.04. The van der Waals surface area contributed by atoms with Crippen LogP contribution in [-0.2, 0) is 11.3 Å². The van der Waals surface area contributed by atoms with Crippen molar-refractivity contribution in [2.75, 3.05) is 53.6 Å².